The summed E-state index contributed by atoms with van der Waals surface area (Å²) in [7, 11) is -3.44. The van der Waals surface area contributed by atoms with Crippen molar-refractivity contribution in [3.63, 3.8) is 0 Å². The molecule has 100 valence electrons. The fourth-order valence-electron chi connectivity index (χ4n) is 1.49. The number of sulfone groups is 1. The van der Waals surface area contributed by atoms with Crippen molar-refractivity contribution in [2.45, 2.75) is 11.8 Å². The highest BCUT2D eigenvalue weighted by atomic mass is 35.5. The first-order chi connectivity index (χ1) is 8.97. The zero-order valence-corrected chi connectivity index (χ0v) is 11.9. The summed E-state index contributed by atoms with van der Waals surface area (Å²) in [6.45, 7) is 1.90. The van der Waals surface area contributed by atoms with E-state index >= 15 is 0 Å². The molecule has 0 aliphatic heterocycles. The van der Waals surface area contributed by atoms with Gasteiger partial charge < -0.3 is 4.74 Å². The highest BCUT2D eigenvalue weighted by Crippen LogP contribution is 2.18. The van der Waals surface area contributed by atoms with Gasteiger partial charge in [-0.1, -0.05) is 29.3 Å². The van der Waals surface area contributed by atoms with Gasteiger partial charge in [-0.25, -0.2) is 8.42 Å². The summed E-state index contributed by atoms with van der Waals surface area (Å²) in [5, 5.41) is 0.578. The van der Waals surface area contributed by atoms with E-state index in [2.05, 4.69) is 0 Å². The van der Waals surface area contributed by atoms with E-state index in [1.165, 1.54) is 0 Å². The molecule has 0 atom stereocenters. The highest BCUT2D eigenvalue weighted by Gasteiger charge is 2.14. The van der Waals surface area contributed by atoms with Crippen LogP contribution in [0.2, 0.25) is 5.02 Å². The standard InChI is InChI=1S/C14H13ClO3S/c1-11-2-8-14(9-3-11)19(16,17)10-18-13-6-4-12(15)5-7-13/h2-9H,10H2,1H3. The minimum Gasteiger partial charge on any atom is -0.477 e. The summed E-state index contributed by atoms with van der Waals surface area (Å²) in [4.78, 5) is 0.257. The zero-order chi connectivity index (χ0) is 13.9. The lowest BCUT2D eigenvalue weighted by Crippen LogP contribution is -2.12. The van der Waals surface area contributed by atoms with Gasteiger partial charge in [0.15, 0.2) is 5.94 Å². The van der Waals surface area contributed by atoms with Crippen molar-refractivity contribution in [1.29, 1.82) is 0 Å². The molecule has 0 heterocycles. The van der Waals surface area contributed by atoms with Gasteiger partial charge in [-0.3, -0.25) is 0 Å². The molecule has 0 saturated carbocycles. The second-order valence-electron chi connectivity index (χ2n) is 4.14. The fraction of sp³-hybridized carbons (Fsp3) is 0.143. The van der Waals surface area contributed by atoms with Gasteiger partial charge in [-0.15, -0.1) is 0 Å². The van der Waals surface area contributed by atoms with Crippen molar-refractivity contribution >= 4 is 21.4 Å². The maximum absolute atomic E-state index is 12.0. The van der Waals surface area contributed by atoms with E-state index in [1.807, 2.05) is 6.92 Å². The normalized spacial score (nSPS) is 11.3. The SMILES string of the molecule is Cc1ccc(S(=O)(=O)COc2ccc(Cl)cc2)cc1. The Morgan fingerprint density at radius 1 is 1.00 bits per heavy atom. The Morgan fingerprint density at radius 3 is 2.16 bits per heavy atom. The van der Waals surface area contributed by atoms with E-state index in [-0.39, 0.29) is 4.90 Å². The number of halogens is 1. The Hall–Kier alpha value is -1.52. The third-order valence-corrected chi connectivity index (χ3v) is 4.25. The molecule has 0 amide bonds. The summed E-state index contributed by atoms with van der Waals surface area (Å²) >= 11 is 5.74. The summed E-state index contributed by atoms with van der Waals surface area (Å²) in [6, 6.07) is 13.2. The zero-order valence-electron chi connectivity index (χ0n) is 10.3. The molecule has 0 aromatic heterocycles. The van der Waals surface area contributed by atoms with Crippen LogP contribution in [0.1, 0.15) is 5.56 Å². The van der Waals surface area contributed by atoms with Crippen molar-refractivity contribution in [3.8, 4) is 5.75 Å². The van der Waals surface area contributed by atoms with Gasteiger partial charge in [-0.2, -0.15) is 0 Å². The molecule has 0 unspecified atom stereocenters. The molecule has 0 bridgehead atoms. The van der Waals surface area contributed by atoms with E-state index < -0.39 is 15.8 Å². The highest BCUT2D eigenvalue weighted by molar-refractivity contribution is 7.91. The van der Waals surface area contributed by atoms with E-state index in [9.17, 15) is 8.42 Å². The van der Waals surface area contributed by atoms with Gasteiger partial charge in [0.05, 0.1) is 4.90 Å². The molecule has 0 radical (unpaired) electrons. The Kier molecular flexibility index (Phi) is 4.12. The van der Waals surface area contributed by atoms with Crippen LogP contribution in [0.5, 0.6) is 5.75 Å². The first-order valence-corrected chi connectivity index (χ1v) is 7.68. The topological polar surface area (TPSA) is 43.4 Å². The first kappa shape index (κ1) is 13.9. The molecular weight excluding hydrogens is 284 g/mol. The van der Waals surface area contributed by atoms with Crippen molar-refractivity contribution in [1.82, 2.24) is 0 Å². The van der Waals surface area contributed by atoms with Crippen LogP contribution in [0.3, 0.4) is 0 Å². The molecule has 3 nitrogen and oxygen atoms in total. The molecule has 0 spiro atoms. The van der Waals surface area contributed by atoms with Gasteiger partial charge in [0.25, 0.3) is 0 Å². The summed E-state index contributed by atoms with van der Waals surface area (Å²) < 4.78 is 29.3. The van der Waals surface area contributed by atoms with Gasteiger partial charge in [0.2, 0.25) is 9.84 Å². The monoisotopic (exact) mass is 296 g/mol. The lowest BCUT2D eigenvalue weighted by atomic mass is 10.2. The molecule has 0 aliphatic carbocycles. The Balaban J connectivity index is 2.09. The van der Waals surface area contributed by atoms with Gasteiger partial charge in [0, 0.05) is 5.02 Å². The lowest BCUT2D eigenvalue weighted by Gasteiger charge is -2.07. The summed E-state index contributed by atoms with van der Waals surface area (Å²) in [6.07, 6.45) is 0. The minimum atomic E-state index is -3.44. The summed E-state index contributed by atoms with van der Waals surface area (Å²) in [5.74, 6) is 0.0811. The van der Waals surface area contributed by atoms with Crippen LogP contribution < -0.4 is 4.74 Å². The number of rotatable bonds is 4. The Bertz CT molecular complexity index is 646. The number of aryl methyl sites for hydroxylation is 1. The number of hydrogen-bond acceptors (Lipinski definition) is 3. The van der Waals surface area contributed by atoms with Gasteiger partial charge in [0.1, 0.15) is 5.75 Å². The van der Waals surface area contributed by atoms with Crippen LogP contribution in [0.15, 0.2) is 53.4 Å². The lowest BCUT2D eigenvalue weighted by molar-refractivity contribution is 0.376. The van der Waals surface area contributed by atoms with Crippen LogP contribution >= 0.6 is 11.6 Å². The molecule has 5 heteroatoms. The molecular formula is C14H13ClO3S. The Labute approximate surface area is 117 Å². The average molecular weight is 297 g/mol. The van der Waals surface area contributed by atoms with Crippen LogP contribution in [0.4, 0.5) is 0 Å². The van der Waals surface area contributed by atoms with Crippen molar-refractivity contribution < 1.29 is 13.2 Å². The smallest absolute Gasteiger partial charge is 0.213 e. The fourth-order valence-corrected chi connectivity index (χ4v) is 2.59. The first-order valence-electron chi connectivity index (χ1n) is 5.65. The third kappa shape index (κ3) is 3.72. The number of ether oxygens (including phenoxy) is 1. The van der Waals surface area contributed by atoms with Gasteiger partial charge >= 0.3 is 0 Å². The van der Waals surface area contributed by atoms with E-state index in [0.29, 0.717) is 10.8 Å². The second-order valence-corrected chi connectivity index (χ2v) is 6.52. The molecule has 0 aliphatic rings. The van der Waals surface area contributed by atoms with Crippen LogP contribution in [-0.2, 0) is 9.84 Å². The molecule has 0 saturated heterocycles. The van der Waals surface area contributed by atoms with Crippen molar-refractivity contribution in [2.75, 3.05) is 5.94 Å². The molecule has 2 aromatic carbocycles. The predicted octanol–water partition coefficient (Wildman–Crippen LogP) is 3.46. The molecule has 19 heavy (non-hydrogen) atoms. The predicted molar refractivity (Wildman–Crippen MR) is 75.3 cm³/mol. The number of hydrogen-bond donors (Lipinski definition) is 0. The van der Waals surface area contributed by atoms with E-state index in [4.69, 9.17) is 16.3 Å². The van der Waals surface area contributed by atoms with Crippen LogP contribution in [0, 0.1) is 6.92 Å². The molecule has 2 rings (SSSR count). The van der Waals surface area contributed by atoms with Crippen LogP contribution in [-0.4, -0.2) is 14.4 Å². The molecule has 0 N–H and O–H groups in total. The van der Waals surface area contributed by atoms with E-state index in [1.54, 1.807) is 48.5 Å². The molecule has 2 aromatic rings. The third-order valence-electron chi connectivity index (χ3n) is 2.57. The van der Waals surface area contributed by atoms with E-state index in [0.717, 1.165) is 5.56 Å². The number of benzene rings is 2. The Morgan fingerprint density at radius 2 is 1.58 bits per heavy atom. The maximum atomic E-state index is 12.0. The molecule has 0 fully saturated rings. The quantitative estimate of drug-likeness (QED) is 0.868. The second kappa shape index (κ2) is 5.63. The summed E-state index contributed by atoms with van der Waals surface area (Å²) in [5.41, 5.74) is 1.01. The van der Waals surface area contributed by atoms with Crippen LogP contribution in [0.25, 0.3) is 0 Å². The average Bonchev–Trinajstić information content (AvgIpc) is 2.39. The maximum Gasteiger partial charge on any atom is 0.213 e. The van der Waals surface area contributed by atoms with Crippen molar-refractivity contribution in [3.05, 3.63) is 59.1 Å². The minimum absolute atomic E-state index is 0.257. The largest absolute Gasteiger partial charge is 0.477 e. The van der Waals surface area contributed by atoms with Gasteiger partial charge in [-0.05, 0) is 43.3 Å². The van der Waals surface area contributed by atoms with Crippen molar-refractivity contribution in [2.24, 2.45) is 0 Å².